The Labute approximate surface area is 157 Å². The summed E-state index contributed by atoms with van der Waals surface area (Å²) >= 11 is 0. The first-order chi connectivity index (χ1) is 12.9. The van der Waals surface area contributed by atoms with E-state index < -0.39 is 0 Å². The molecule has 0 fully saturated rings. The zero-order valence-corrected chi connectivity index (χ0v) is 16.0. The lowest BCUT2D eigenvalue weighted by Crippen LogP contribution is -2.20. The van der Waals surface area contributed by atoms with Gasteiger partial charge in [-0.1, -0.05) is 0 Å². The molecule has 0 spiro atoms. The van der Waals surface area contributed by atoms with E-state index >= 15 is 0 Å². The number of aryl methyl sites for hydroxylation is 2. The number of rotatable bonds is 6. The molecule has 142 valence electrons. The zero-order chi connectivity index (χ0) is 19.6. The van der Waals surface area contributed by atoms with Crippen LogP contribution in [0.1, 0.15) is 17.3 Å². The molecule has 0 aliphatic carbocycles. The molecule has 2 aromatic heterocycles. The van der Waals surface area contributed by atoms with Gasteiger partial charge in [-0.15, -0.1) is 10.2 Å². The van der Waals surface area contributed by atoms with Crippen molar-refractivity contribution in [1.29, 1.82) is 0 Å². The molecule has 27 heavy (non-hydrogen) atoms. The quantitative estimate of drug-likeness (QED) is 0.717. The first-order valence-corrected chi connectivity index (χ1v) is 8.42. The Bertz CT molecular complexity index is 974. The van der Waals surface area contributed by atoms with Crippen LogP contribution < -0.4 is 14.8 Å². The Kier molecular flexibility index (Phi) is 5.16. The highest BCUT2D eigenvalue weighted by Gasteiger charge is 2.18. The summed E-state index contributed by atoms with van der Waals surface area (Å²) in [5, 5.41) is 10.8. The highest BCUT2D eigenvalue weighted by Crippen LogP contribution is 2.29. The van der Waals surface area contributed by atoms with Gasteiger partial charge in [0.25, 0.3) is 0 Å². The molecule has 8 nitrogen and oxygen atoms in total. The van der Waals surface area contributed by atoms with Crippen LogP contribution in [-0.4, -0.2) is 34.9 Å². The van der Waals surface area contributed by atoms with Crippen molar-refractivity contribution in [2.75, 3.05) is 19.5 Å². The van der Waals surface area contributed by atoms with Crippen molar-refractivity contribution >= 4 is 11.6 Å². The van der Waals surface area contributed by atoms with Crippen LogP contribution in [0.25, 0.3) is 11.5 Å². The number of nitrogens with zero attached hydrogens (tertiary/aromatic N) is 3. The van der Waals surface area contributed by atoms with Gasteiger partial charge in [0.1, 0.15) is 18.0 Å². The Morgan fingerprint density at radius 1 is 1.15 bits per heavy atom. The van der Waals surface area contributed by atoms with Gasteiger partial charge in [0.05, 0.1) is 25.5 Å². The maximum atomic E-state index is 12.6. The molecule has 0 saturated heterocycles. The molecule has 3 aromatic rings. The van der Waals surface area contributed by atoms with Gasteiger partial charge in [-0.25, -0.2) is 0 Å². The number of carbonyl (C=O) groups excluding carboxylic acids is 1. The molecule has 0 atom stereocenters. The minimum Gasteiger partial charge on any atom is -0.497 e. The second-order valence-electron chi connectivity index (χ2n) is 6.11. The fraction of sp³-hybridized carbons (Fsp3) is 0.316. The molecule has 8 heteroatoms. The number of anilines is 1. The fourth-order valence-electron chi connectivity index (χ4n) is 2.91. The van der Waals surface area contributed by atoms with Crippen molar-refractivity contribution in [1.82, 2.24) is 14.8 Å². The molecule has 0 bridgehead atoms. The number of aromatic nitrogens is 3. The van der Waals surface area contributed by atoms with E-state index in [1.165, 1.54) is 0 Å². The molecule has 1 amide bonds. The topological polar surface area (TPSA) is 91.4 Å². The van der Waals surface area contributed by atoms with Gasteiger partial charge < -0.3 is 23.8 Å². The third-order valence-electron chi connectivity index (χ3n) is 4.31. The van der Waals surface area contributed by atoms with Crippen LogP contribution in [0.5, 0.6) is 11.5 Å². The van der Waals surface area contributed by atoms with Crippen LogP contribution in [0.4, 0.5) is 5.69 Å². The molecule has 0 unspecified atom stereocenters. The smallest absolute Gasteiger partial charge is 0.249 e. The second kappa shape index (κ2) is 7.53. The normalized spacial score (nSPS) is 10.7. The van der Waals surface area contributed by atoms with Crippen LogP contribution in [0, 0.1) is 20.8 Å². The number of hydrogen-bond donors (Lipinski definition) is 1. The molecular formula is C19H22N4O4. The minimum absolute atomic E-state index is 0.144. The van der Waals surface area contributed by atoms with Gasteiger partial charge in [0.2, 0.25) is 17.7 Å². The summed E-state index contributed by atoms with van der Waals surface area (Å²) in [6.07, 6.45) is 0. The predicted molar refractivity (Wildman–Crippen MR) is 100 cm³/mol. The number of ether oxygens (including phenoxy) is 2. The van der Waals surface area contributed by atoms with Gasteiger partial charge in [-0.2, -0.15) is 0 Å². The first kappa shape index (κ1) is 18.5. The SMILES string of the molecule is COc1ccc(OC)c(NC(=O)Cn2c(C)cc(-c3nnc(C)o3)c2C)c1. The highest BCUT2D eigenvalue weighted by molar-refractivity contribution is 5.92. The van der Waals surface area contributed by atoms with Gasteiger partial charge in [-0.05, 0) is 32.0 Å². The Morgan fingerprint density at radius 2 is 1.93 bits per heavy atom. The van der Waals surface area contributed by atoms with Crippen LogP contribution in [0.2, 0.25) is 0 Å². The highest BCUT2D eigenvalue weighted by atomic mass is 16.5. The lowest BCUT2D eigenvalue weighted by Gasteiger charge is -2.13. The lowest BCUT2D eigenvalue weighted by atomic mass is 10.2. The number of methoxy groups -OCH3 is 2. The number of amides is 1. The number of carbonyl (C=O) groups is 1. The molecule has 0 radical (unpaired) electrons. The van der Waals surface area contributed by atoms with Crippen molar-refractivity contribution in [2.45, 2.75) is 27.3 Å². The van der Waals surface area contributed by atoms with Crippen LogP contribution in [0.15, 0.2) is 28.7 Å². The molecule has 0 saturated carbocycles. The monoisotopic (exact) mass is 370 g/mol. The van der Waals surface area contributed by atoms with Crippen molar-refractivity contribution in [3.63, 3.8) is 0 Å². The molecule has 0 aliphatic rings. The van der Waals surface area contributed by atoms with E-state index in [1.807, 2.05) is 24.5 Å². The Balaban J connectivity index is 1.82. The van der Waals surface area contributed by atoms with E-state index in [0.29, 0.717) is 29.0 Å². The molecule has 1 N–H and O–H groups in total. The van der Waals surface area contributed by atoms with E-state index in [-0.39, 0.29) is 12.5 Å². The zero-order valence-electron chi connectivity index (χ0n) is 16.0. The molecule has 3 rings (SSSR count). The maximum absolute atomic E-state index is 12.6. The summed E-state index contributed by atoms with van der Waals surface area (Å²) in [4.78, 5) is 12.6. The van der Waals surface area contributed by atoms with Crippen LogP contribution >= 0.6 is 0 Å². The van der Waals surface area contributed by atoms with E-state index in [2.05, 4.69) is 15.5 Å². The third-order valence-corrected chi connectivity index (χ3v) is 4.31. The summed E-state index contributed by atoms with van der Waals surface area (Å²) < 4.78 is 17.9. The fourth-order valence-corrected chi connectivity index (χ4v) is 2.91. The molecular weight excluding hydrogens is 348 g/mol. The Morgan fingerprint density at radius 3 is 2.56 bits per heavy atom. The largest absolute Gasteiger partial charge is 0.497 e. The van der Waals surface area contributed by atoms with Crippen molar-refractivity contribution < 1.29 is 18.7 Å². The second-order valence-corrected chi connectivity index (χ2v) is 6.11. The predicted octanol–water partition coefficient (Wildman–Crippen LogP) is 3.12. The van der Waals surface area contributed by atoms with Crippen molar-refractivity contribution in [2.24, 2.45) is 0 Å². The lowest BCUT2D eigenvalue weighted by molar-refractivity contribution is -0.116. The van der Waals surface area contributed by atoms with Crippen LogP contribution in [-0.2, 0) is 11.3 Å². The molecule has 2 heterocycles. The Hall–Kier alpha value is -3.29. The van der Waals surface area contributed by atoms with Gasteiger partial charge >= 0.3 is 0 Å². The first-order valence-electron chi connectivity index (χ1n) is 8.42. The number of nitrogens with one attached hydrogen (secondary N) is 1. The summed E-state index contributed by atoms with van der Waals surface area (Å²) in [5.41, 5.74) is 3.17. The maximum Gasteiger partial charge on any atom is 0.249 e. The van der Waals surface area contributed by atoms with Crippen LogP contribution in [0.3, 0.4) is 0 Å². The number of hydrogen-bond acceptors (Lipinski definition) is 6. The molecule has 1 aromatic carbocycles. The van der Waals surface area contributed by atoms with Crippen molar-refractivity contribution in [3.8, 4) is 23.0 Å². The minimum atomic E-state index is -0.184. The summed E-state index contributed by atoms with van der Waals surface area (Å²) in [6.45, 7) is 5.73. The van der Waals surface area contributed by atoms with E-state index in [9.17, 15) is 4.79 Å². The summed E-state index contributed by atoms with van der Waals surface area (Å²) in [7, 11) is 3.12. The number of benzene rings is 1. The third kappa shape index (κ3) is 3.79. The van der Waals surface area contributed by atoms with Gasteiger partial charge in [-0.3, -0.25) is 4.79 Å². The van der Waals surface area contributed by atoms with Gasteiger partial charge in [0, 0.05) is 24.4 Å². The van der Waals surface area contributed by atoms with Gasteiger partial charge in [0.15, 0.2) is 0 Å². The summed E-state index contributed by atoms with van der Waals surface area (Å²) in [6, 6.07) is 7.17. The average Bonchev–Trinajstić information content (AvgIpc) is 3.19. The molecule has 0 aliphatic heterocycles. The van der Waals surface area contributed by atoms with E-state index in [0.717, 1.165) is 17.0 Å². The summed E-state index contributed by atoms with van der Waals surface area (Å²) in [5.74, 6) is 1.96. The van der Waals surface area contributed by atoms with Crippen molar-refractivity contribution in [3.05, 3.63) is 41.5 Å². The van der Waals surface area contributed by atoms with E-state index in [1.54, 1.807) is 39.3 Å². The van der Waals surface area contributed by atoms with E-state index in [4.69, 9.17) is 13.9 Å². The average molecular weight is 370 g/mol. The standard InChI is InChI=1S/C19H22N4O4/c1-11-8-15(19-22-21-13(3)27-19)12(2)23(11)10-18(24)20-16-9-14(25-4)6-7-17(16)26-5/h6-9H,10H2,1-5H3,(H,20,24).